The van der Waals surface area contributed by atoms with E-state index in [0.29, 0.717) is 29.0 Å². The van der Waals surface area contributed by atoms with Crippen molar-refractivity contribution in [2.75, 3.05) is 31.1 Å². The first-order valence-electron chi connectivity index (χ1n) is 14.0. The van der Waals surface area contributed by atoms with Crippen LogP contribution in [-0.2, 0) is 0 Å². The number of halogens is 1. The van der Waals surface area contributed by atoms with E-state index in [1.54, 1.807) is 13.1 Å². The Morgan fingerprint density at radius 2 is 1.85 bits per heavy atom. The van der Waals surface area contributed by atoms with E-state index in [0.717, 1.165) is 54.2 Å². The molecule has 2 aliphatic rings. The van der Waals surface area contributed by atoms with E-state index in [1.165, 1.54) is 31.4 Å². The van der Waals surface area contributed by atoms with Crippen molar-refractivity contribution in [2.24, 2.45) is 5.92 Å². The number of ether oxygens (including phenoxy) is 1. The van der Waals surface area contributed by atoms with Crippen molar-refractivity contribution in [1.82, 2.24) is 14.9 Å². The maximum atomic E-state index is 12.4. The summed E-state index contributed by atoms with van der Waals surface area (Å²) in [6.07, 6.45) is 9.65. The predicted molar refractivity (Wildman–Crippen MR) is 157 cm³/mol. The van der Waals surface area contributed by atoms with Crippen LogP contribution in [0.2, 0.25) is 5.02 Å². The summed E-state index contributed by atoms with van der Waals surface area (Å²) >= 11 is 6.15. The van der Waals surface area contributed by atoms with E-state index in [-0.39, 0.29) is 5.78 Å². The second-order valence-electron chi connectivity index (χ2n) is 10.9. The molecule has 7 heteroatoms. The zero-order chi connectivity index (χ0) is 26.8. The van der Waals surface area contributed by atoms with Crippen LogP contribution in [0.15, 0.2) is 67.0 Å². The minimum absolute atomic E-state index is 0.0114. The summed E-state index contributed by atoms with van der Waals surface area (Å²) in [6, 6.07) is 18.8. The van der Waals surface area contributed by atoms with E-state index in [2.05, 4.69) is 38.0 Å². The van der Waals surface area contributed by atoms with Crippen LogP contribution in [0, 0.1) is 5.92 Å². The topological polar surface area (TPSA) is 61.5 Å². The molecule has 2 aromatic heterocycles. The number of aromatic nitrogens is 2. The molecule has 0 saturated carbocycles. The van der Waals surface area contributed by atoms with Crippen LogP contribution < -0.4 is 9.64 Å². The Kier molecular flexibility index (Phi) is 7.58. The molecule has 4 aromatic rings. The average Bonchev–Trinajstić information content (AvgIpc) is 3.42. The summed E-state index contributed by atoms with van der Waals surface area (Å²) < 4.78 is 6.22. The van der Waals surface area contributed by atoms with Crippen LogP contribution in [0.25, 0.3) is 11.0 Å². The van der Waals surface area contributed by atoms with Gasteiger partial charge in [-0.05, 0) is 87.0 Å². The number of pyridine rings is 1. The van der Waals surface area contributed by atoms with Crippen molar-refractivity contribution < 1.29 is 9.53 Å². The molecule has 0 spiro atoms. The fraction of sp³-hybridized carbons (Fsp3) is 0.375. The highest BCUT2D eigenvalue weighted by molar-refractivity contribution is 6.30. The summed E-state index contributed by atoms with van der Waals surface area (Å²) in [5, 5.41) is 1.78. The zero-order valence-electron chi connectivity index (χ0n) is 22.4. The first kappa shape index (κ1) is 25.9. The van der Waals surface area contributed by atoms with E-state index in [1.807, 2.05) is 42.6 Å². The summed E-state index contributed by atoms with van der Waals surface area (Å²) in [6.45, 7) is 5.90. The van der Waals surface area contributed by atoms with Gasteiger partial charge < -0.3 is 14.6 Å². The molecule has 2 saturated heterocycles. The molecule has 2 aliphatic heterocycles. The van der Waals surface area contributed by atoms with E-state index < -0.39 is 0 Å². The summed E-state index contributed by atoms with van der Waals surface area (Å²) in [5.41, 5.74) is 3.89. The number of hydrogen-bond donors (Lipinski definition) is 1. The molecule has 1 unspecified atom stereocenters. The number of carbonyl (C=O) groups is 1. The van der Waals surface area contributed by atoms with Gasteiger partial charge in [-0.15, -0.1) is 0 Å². The highest BCUT2D eigenvalue weighted by Crippen LogP contribution is 2.36. The molecule has 0 radical (unpaired) electrons. The number of H-pyrrole nitrogens is 1. The van der Waals surface area contributed by atoms with Crippen LogP contribution >= 0.6 is 11.6 Å². The Morgan fingerprint density at radius 3 is 2.64 bits per heavy atom. The van der Waals surface area contributed by atoms with Crippen molar-refractivity contribution in [3.05, 3.63) is 83.1 Å². The number of nitrogens with zero attached hydrogens (tertiary/aromatic N) is 3. The lowest BCUT2D eigenvalue weighted by atomic mass is 9.91. The second kappa shape index (κ2) is 11.4. The molecular weight excluding hydrogens is 508 g/mol. The number of likely N-dealkylation sites (tertiary alicyclic amines) is 1. The Balaban J connectivity index is 1.12. The lowest BCUT2D eigenvalue weighted by molar-refractivity contribution is 0.101. The molecule has 6 nitrogen and oxygen atoms in total. The van der Waals surface area contributed by atoms with Gasteiger partial charge in [0, 0.05) is 54.0 Å². The summed E-state index contributed by atoms with van der Waals surface area (Å²) in [5.74, 6) is 1.87. The molecule has 1 atom stereocenters. The van der Waals surface area contributed by atoms with E-state index in [9.17, 15) is 4.79 Å². The Bertz CT molecular complexity index is 1440. The average molecular weight is 543 g/mol. The molecule has 4 heterocycles. The molecule has 0 bridgehead atoms. The Hall–Kier alpha value is -3.35. The molecular formula is C32H35ClN4O2. The number of nitrogens with one attached hydrogen (secondary N) is 1. The summed E-state index contributed by atoms with van der Waals surface area (Å²) in [4.78, 5) is 25.0. The van der Waals surface area contributed by atoms with Crippen LogP contribution in [0.4, 0.5) is 5.69 Å². The van der Waals surface area contributed by atoms with Gasteiger partial charge in [0.2, 0.25) is 0 Å². The Morgan fingerprint density at radius 1 is 1.03 bits per heavy atom. The fourth-order valence-corrected chi connectivity index (χ4v) is 6.29. The second-order valence-corrected chi connectivity index (χ2v) is 11.4. The highest BCUT2D eigenvalue weighted by atomic mass is 35.5. The minimum atomic E-state index is -0.0114. The molecule has 2 fully saturated rings. The molecule has 0 aliphatic carbocycles. The van der Waals surface area contributed by atoms with Crippen LogP contribution in [0.5, 0.6) is 11.5 Å². The minimum Gasteiger partial charge on any atom is -0.455 e. The first-order chi connectivity index (χ1) is 19.0. The van der Waals surface area contributed by atoms with Gasteiger partial charge in [-0.1, -0.05) is 30.2 Å². The number of aromatic amines is 1. The molecule has 2 aromatic carbocycles. The zero-order valence-corrected chi connectivity index (χ0v) is 23.2. The van der Waals surface area contributed by atoms with Crippen molar-refractivity contribution in [3.63, 3.8) is 0 Å². The van der Waals surface area contributed by atoms with Gasteiger partial charge in [0.1, 0.15) is 17.1 Å². The highest BCUT2D eigenvalue weighted by Gasteiger charge is 2.28. The monoisotopic (exact) mass is 542 g/mol. The normalized spacial score (nSPS) is 18.9. The smallest absolute Gasteiger partial charge is 0.163 e. The van der Waals surface area contributed by atoms with Crippen LogP contribution in [-0.4, -0.2) is 46.8 Å². The molecule has 1 N–H and O–H groups in total. The van der Waals surface area contributed by atoms with Gasteiger partial charge in [-0.3, -0.25) is 9.69 Å². The number of rotatable bonds is 7. The third-order valence-corrected chi connectivity index (χ3v) is 8.54. The third-order valence-electron chi connectivity index (χ3n) is 8.29. The first-order valence-corrected chi connectivity index (χ1v) is 14.4. The number of carbonyl (C=O) groups excluding carboxylic acids is 1. The van der Waals surface area contributed by atoms with E-state index in [4.69, 9.17) is 16.3 Å². The molecule has 202 valence electrons. The maximum absolute atomic E-state index is 12.4. The number of piperidine rings is 2. The van der Waals surface area contributed by atoms with Gasteiger partial charge in [0.15, 0.2) is 5.78 Å². The maximum Gasteiger partial charge on any atom is 0.163 e. The van der Waals surface area contributed by atoms with Gasteiger partial charge in [-0.25, -0.2) is 4.98 Å². The number of Topliss-reactive ketones (excluding diaryl/α,β-unsaturated/α-hetero) is 1. The van der Waals surface area contributed by atoms with Gasteiger partial charge in [-0.2, -0.15) is 0 Å². The quantitative estimate of drug-likeness (QED) is 0.243. The number of benzene rings is 2. The largest absolute Gasteiger partial charge is 0.455 e. The SMILES string of the molecule is CC(=O)c1ccc(N2CCC(CN3CCCCC3c3ccc(Cl)cc3)CC2)cc1Oc1cnc2[nH]ccc2c1. The standard InChI is InChI=1S/C32H35ClN4O2/c1-22(38)29-10-9-27(19-31(29)39-28-18-25-11-14-34-32(25)35-20-28)36-16-12-23(13-17-36)21-37-15-3-2-4-30(37)24-5-7-26(33)8-6-24/h5-11,14,18-20,23,30H,2-4,12-13,15-17,21H2,1H3,(H,34,35). The van der Waals surface area contributed by atoms with Crippen molar-refractivity contribution in [3.8, 4) is 11.5 Å². The Labute approximate surface area is 234 Å². The summed E-state index contributed by atoms with van der Waals surface area (Å²) in [7, 11) is 0. The predicted octanol–water partition coefficient (Wildman–Crippen LogP) is 7.65. The van der Waals surface area contributed by atoms with Gasteiger partial charge in [0.05, 0.1) is 11.8 Å². The lowest BCUT2D eigenvalue weighted by Crippen LogP contribution is -2.41. The number of ketones is 1. The number of anilines is 1. The number of hydrogen-bond acceptors (Lipinski definition) is 5. The van der Waals surface area contributed by atoms with Crippen LogP contribution in [0.3, 0.4) is 0 Å². The van der Waals surface area contributed by atoms with Crippen LogP contribution in [0.1, 0.15) is 61.0 Å². The lowest BCUT2D eigenvalue weighted by Gasteiger charge is -2.41. The molecule has 0 amide bonds. The van der Waals surface area contributed by atoms with Gasteiger partial charge >= 0.3 is 0 Å². The third kappa shape index (κ3) is 5.82. The molecule has 39 heavy (non-hydrogen) atoms. The van der Waals surface area contributed by atoms with Crippen molar-refractivity contribution in [1.29, 1.82) is 0 Å². The number of fused-ring (bicyclic) bond motifs is 1. The van der Waals surface area contributed by atoms with Gasteiger partial charge in [0.25, 0.3) is 0 Å². The molecule has 6 rings (SSSR count). The van der Waals surface area contributed by atoms with Crippen molar-refractivity contribution >= 4 is 34.1 Å². The fourth-order valence-electron chi connectivity index (χ4n) is 6.16. The van der Waals surface area contributed by atoms with E-state index >= 15 is 0 Å². The van der Waals surface area contributed by atoms with Crippen molar-refractivity contribution in [2.45, 2.75) is 45.1 Å².